The lowest BCUT2D eigenvalue weighted by atomic mass is 9.88. The molecular formula is C15H24N2O2. The summed E-state index contributed by atoms with van der Waals surface area (Å²) in [5.74, 6) is 1.07. The molecule has 0 aromatic heterocycles. The fourth-order valence-electron chi connectivity index (χ4n) is 1.72. The number of benzene rings is 1. The first-order chi connectivity index (χ1) is 8.91. The molecule has 0 spiro atoms. The van der Waals surface area contributed by atoms with Crippen LogP contribution in [0.4, 0.5) is 0 Å². The van der Waals surface area contributed by atoms with E-state index in [4.69, 9.17) is 10.5 Å². The molecule has 1 aromatic rings. The first-order valence-corrected chi connectivity index (χ1v) is 6.55. The van der Waals surface area contributed by atoms with Gasteiger partial charge >= 0.3 is 0 Å². The van der Waals surface area contributed by atoms with Crippen LogP contribution in [0.25, 0.3) is 0 Å². The first kappa shape index (κ1) is 15.5. The molecule has 0 heterocycles. The van der Waals surface area contributed by atoms with E-state index in [0.717, 1.165) is 11.3 Å². The van der Waals surface area contributed by atoms with Gasteiger partial charge in [0.05, 0.1) is 19.1 Å². The van der Waals surface area contributed by atoms with Gasteiger partial charge in [-0.15, -0.1) is 0 Å². The Hall–Kier alpha value is -1.55. The Morgan fingerprint density at radius 2 is 1.95 bits per heavy atom. The van der Waals surface area contributed by atoms with Gasteiger partial charge in [0.15, 0.2) is 0 Å². The predicted molar refractivity (Wildman–Crippen MR) is 77.1 cm³/mol. The number of ether oxygens (including phenoxy) is 1. The Bertz CT molecular complexity index is 415. The summed E-state index contributed by atoms with van der Waals surface area (Å²) in [6, 6.07) is 7.50. The van der Waals surface area contributed by atoms with E-state index in [1.807, 2.05) is 31.2 Å². The topological polar surface area (TPSA) is 64.3 Å². The molecule has 106 valence electrons. The molecule has 1 atom stereocenters. The van der Waals surface area contributed by atoms with Crippen LogP contribution in [0.5, 0.6) is 5.75 Å². The van der Waals surface area contributed by atoms with E-state index >= 15 is 0 Å². The van der Waals surface area contributed by atoms with Gasteiger partial charge in [-0.05, 0) is 30.5 Å². The Morgan fingerprint density at radius 1 is 1.37 bits per heavy atom. The Morgan fingerprint density at radius 3 is 2.37 bits per heavy atom. The second kappa shape index (κ2) is 6.57. The maximum Gasteiger partial charge on any atom is 0.224 e. The molecule has 0 radical (unpaired) electrons. The van der Waals surface area contributed by atoms with Crippen LogP contribution in [0.15, 0.2) is 24.3 Å². The summed E-state index contributed by atoms with van der Waals surface area (Å²) in [5.41, 5.74) is 6.36. The van der Waals surface area contributed by atoms with Crippen molar-refractivity contribution in [3.63, 3.8) is 0 Å². The lowest BCUT2D eigenvalue weighted by Gasteiger charge is -2.33. The highest BCUT2D eigenvalue weighted by Gasteiger charge is 2.28. The molecule has 0 fully saturated rings. The zero-order valence-corrected chi connectivity index (χ0v) is 12.2. The lowest BCUT2D eigenvalue weighted by molar-refractivity contribution is -0.122. The monoisotopic (exact) mass is 264 g/mol. The summed E-state index contributed by atoms with van der Waals surface area (Å²) in [6.07, 6.45) is 0.353. The van der Waals surface area contributed by atoms with E-state index < -0.39 is 0 Å². The van der Waals surface area contributed by atoms with E-state index in [0.29, 0.717) is 13.0 Å². The lowest BCUT2D eigenvalue weighted by Crippen LogP contribution is -2.55. The van der Waals surface area contributed by atoms with E-state index in [9.17, 15) is 4.79 Å². The summed E-state index contributed by atoms with van der Waals surface area (Å²) in [7, 11) is 1.62. The molecule has 19 heavy (non-hydrogen) atoms. The van der Waals surface area contributed by atoms with Crippen molar-refractivity contribution in [2.75, 3.05) is 13.7 Å². The summed E-state index contributed by atoms with van der Waals surface area (Å²) in [6.45, 7) is 6.52. The van der Waals surface area contributed by atoms with Crippen molar-refractivity contribution >= 4 is 5.91 Å². The molecule has 1 unspecified atom stereocenters. The highest BCUT2D eigenvalue weighted by molar-refractivity contribution is 5.79. The molecule has 4 nitrogen and oxygen atoms in total. The summed E-state index contributed by atoms with van der Waals surface area (Å²) in [5, 5.41) is 3.02. The van der Waals surface area contributed by atoms with Gasteiger partial charge in [-0.3, -0.25) is 4.79 Å². The van der Waals surface area contributed by atoms with Crippen LogP contribution in [0.1, 0.15) is 26.3 Å². The van der Waals surface area contributed by atoms with Crippen LogP contribution >= 0.6 is 0 Å². The molecule has 0 aliphatic rings. The highest BCUT2D eigenvalue weighted by atomic mass is 16.5. The quantitative estimate of drug-likeness (QED) is 0.822. The van der Waals surface area contributed by atoms with Crippen molar-refractivity contribution in [2.24, 2.45) is 11.7 Å². The third-order valence-electron chi connectivity index (χ3n) is 3.65. The van der Waals surface area contributed by atoms with Gasteiger partial charge < -0.3 is 15.8 Å². The number of nitrogens with one attached hydrogen (secondary N) is 1. The van der Waals surface area contributed by atoms with Crippen LogP contribution < -0.4 is 15.8 Å². The SMILES string of the molecule is COc1ccc(CC(=O)NC(C)(CN)C(C)C)cc1. The van der Waals surface area contributed by atoms with Gasteiger partial charge in [0, 0.05) is 6.54 Å². The van der Waals surface area contributed by atoms with Crippen LogP contribution in [-0.4, -0.2) is 25.1 Å². The number of methoxy groups -OCH3 is 1. The summed E-state index contributed by atoms with van der Waals surface area (Å²) >= 11 is 0. The Labute approximate surface area is 115 Å². The number of amides is 1. The van der Waals surface area contributed by atoms with E-state index in [-0.39, 0.29) is 17.4 Å². The summed E-state index contributed by atoms with van der Waals surface area (Å²) in [4.78, 5) is 12.0. The second-order valence-electron chi connectivity index (χ2n) is 5.35. The van der Waals surface area contributed by atoms with Crippen molar-refractivity contribution in [1.82, 2.24) is 5.32 Å². The average molecular weight is 264 g/mol. The molecule has 0 saturated heterocycles. The average Bonchev–Trinajstić information content (AvgIpc) is 2.39. The third-order valence-corrected chi connectivity index (χ3v) is 3.65. The molecule has 1 rings (SSSR count). The fraction of sp³-hybridized carbons (Fsp3) is 0.533. The van der Waals surface area contributed by atoms with Gasteiger partial charge in [-0.1, -0.05) is 26.0 Å². The highest BCUT2D eigenvalue weighted by Crippen LogP contribution is 2.16. The third kappa shape index (κ3) is 4.24. The molecule has 0 aliphatic carbocycles. The number of carbonyl (C=O) groups excluding carboxylic acids is 1. The Balaban J connectivity index is 2.64. The largest absolute Gasteiger partial charge is 0.497 e. The van der Waals surface area contributed by atoms with Crippen molar-refractivity contribution in [3.05, 3.63) is 29.8 Å². The van der Waals surface area contributed by atoms with Crippen LogP contribution in [0.2, 0.25) is 0 Å². The van der Waals surface area contributed by atoms with Gasteiger partial charge in [0.1, 0.15) is 5.75 Å². The number of nitrogens with two attached hydrogens (primary N) is 1. The van der Waals surface area contributed by atoms with Gasteiger partial charge in [-0.25, -0.2) is 0 Å². The molecule has 1 amide bonds. The van der Waals surface area contributed by atoms with Gasteiger partial charge in [-0.2, -0.15) is 0 Å². The summed E-state index contributed by atoms with van der Waals surface area (Å²) < 4.78 is 5.09. The normalized spacial score (nSPS) is 14.0. The maximum atomic E-state index is 12.0. The number of rotatable bonds is 6. The van der Waals surface area contributed by atoms with Crippen molar-refractivity contribution in [2.45, 2.75) is 32.7 Å². The standard InChI is InChI=1S/C15H24N2O2/c1-11(2)15(3,10-16)17-14(18)9-12-5-7-13(19-4)8-6-12/h5-8,11H,9-10,16H2,1-4H3,(H,17,18). The number of hydrogen-bond acceptors (Lipinski definition) is 3. The molecule has 4 heteroatoms. The van der Waals surface area contributed by atoms with Crippen molar-refractivity contribution in [3.8, 4) is 5.75 Å². The molecule has 3 N–H and O–H groups in total. The second-order valence-corrected chi connectivity index (χ2v) is 5.35. The smallest absolute Gasteiger partial charge is 0.224 e. The van der Waals surface area contributed by atoms with Gasteiger partial charge in [0.2, 0.25) is 5.91 Å². The van der Waals surface area contributed by atoms with Crippen LogP contribution in [0, 0.1) is 5.92 Å². The first-order valence-electron chi connectivity index (χ1n) is 6.55. The molecular weight excluding hydrogens is 240 g/mol. The van der Waals surface area contributed by atoms with Crippen molar-refractivity contribution < 1.29 is 9.53 Å². The molecule has 0 saturated carbocycles. The van der Waals surface area contributed by atoms with E-state index in [1.165, 1.54) is 0 Å². The predicted octanol–water partition coefficient (Wildman–Crippen LogP) is 1.73. The zero-order chi connectivity index (χ0) is 14.5. The molecule has 0 aliphatic heterocycles. The van der Waals surface area contributed by atoms with E-state index in [1.54, 1.807) is 7.11 Å². The van der Waals surface area contributed by atoms with Crippen molar-refractivity contribution in [1.29, 1.82) is 0 Å². The van der Waals surface area contributed by atoms with E-state index in [2.05, 4.69) is 19.2 Å². The maximum absolute atomic E-state index is 12.0. The molecule has 1 aromatic carbocycles. The minimum Gasteiger partial charge on any atom is -0.497 e. The van der Waals surface area contributed by atoms with Crippen LogP contribution in [-0.2, 0) is 11.2 Å². The van der Waals surface area contributed by atoms with Gasteiger partial charge in [0.25, 0.3) is 0 Å². The Kier molecular flexibility index (Phi) is 5.36. The minimum absolute atomic E-state index is 0.00758. The number of carbonyl (C=O) groups is 1. The number of hydrogen-bond donors (Lipinski definition) is 2. The van der Waals surface area contributed by atoms with Crippen LogP contribution in [0.3, 0.4) is 0 Å². The fourth-order valence-corrected chi connectivity index (χ4v) is 1.72. The zero-order valence-electron chi connectivity index (χ0n) is 12.2. The molecule has 0 bridgehead atoms. The minimum atomic E-state index is -0.358.